The highest BCUT2D eigenvalue weighted by Crippen LogP contribution is 2.34. The van der Waals surface area contributed by atoms with Crippen LogP contribution in [0.3, 0.4) is 0 Å². The minimum Gasteiger partial charge on any atom is -0.490 e. The van der Waals surface area contributed by atoms with Crippen LogP contribution < -0.4 is 15.2 Å². The normalized spacial score (nSPS) is 24.4. The van der Waals surface area contributed by atoms with Gasteiger partial charge in [-0.15, -0.1) is 0 Å². The van der Waals surface area contributed by atoms with E-state index in [0.29, 0.717) is 6.54 Å². The zero-order valence-corrected chi connectivity index (χ0v) is 12.9. The van der Waals surface area contributed by atoms with Gasteiger partial charge in [-0.2, -0.15) is 0 Å². The van der Waals surface area contributed by atoms with Crippen LogP contribution in [-0.2, 0) is 0 Å². The van der Waals surface area contributed by atoms with Gasteiger partial charge in [-0.05, 0) is 43.0 Å². The molecule has 0 amide bonds. The summed E-state index contributed by atoms with van der Waals surface area (Å²) in [4.78, 5) is 2.52. The quantitative estimate of drug-likeness (QED) is 0.929. The molecule has 21 heavy (non-hydrogen) atoms. The first-order valence-corrected chi connectivity index (χ1v) is 8.11. The van der Waals surface area contributed by atoms with E-state index in [1.807, 2.05) is 6.07 Å². The number of hydrogen-bond acceptors (Lipinski definition) is 4. The fourth-order valence-corrected chi connectivity index (χ4v) is 3.39. The molecule has 1 saturated heterocycles. The van der Waals surface area contributed by atoms with Crippen molar-refractivity contribution >= 4 is 0 Å². The van der Waals surface area contributed by atoms with E-state index in [2.05, 4.69) is 24.0 Å². The number of ether oxygens (including phenoxy) is 2. The number of hydrogen-bond donors (Lipinski definition) is 1. The third kappa shape index (κ3) is 3.33. The van der Waals surface area contributed by atoms with Crippen molar-refractivity contribution in [2.24, 2.45) is 11.7 Å². The number of nitrogens with zero attached hydrogens (tertiary/aromatic N) is 1. The highest BCUT2D eigenvalue weighted by atomic mass is 16.5. The number of benzene rings is 1. The van der Waals surface area contributed by atoms with Gasteiger partial charge in [0.2, 0.25) is 0 Å². The predicted octanol–water partition coefficient (Wildman–Crippen LogP) is 2.58. The van der Waals surface area contributed by atoms with E-state index < -0.39 is 0 Å². The summed E-state index contributed by atoms with van der Waals surface area (Å²) in [5, 5.41) is 0. The Morgan fingerprint density at radius 2 is 2.05 bits per heavy atom. The smallest absolute Gasteiger partial charge is 0.161 e. The third-order valence-corrected chi connectivity index (χ3v) is 4.51. The fraction of sp³-hybridized carbons (Fsp3) is 0.647. The highest BCUT2D eigenvalue weighted by Gasteiger charge is 2.25. The number of likely N-dealkylation sites (tertiary alicyclic amines) is 1. The van der Waals surface area contributed by atoms with Crippen molar-refractivity contribution in [3.8, 4) is 11.5 Å². The molecule has 2 atom stereocenters. The van der Waals surface area contributed by atoms with Crippen molar-refractivity contribution in [2.45, 2.75) is 32.2 Å². The van der Waals surface area contributed by atoms with Crippen LogP contribution in [0.4, 0.5) is 0 Å². The SMILES string of the molecule is CC1CCCN(C(CN)c2ccc3c(c2)OCCCO3)C1. The zero-order valence-electron chi connectivity index (χ0n) is 12.9. The lowest BCUT2D eigenvalue weighted by Crippen LogP contribution is -2.40. The Labute approximate surface area is 127 Å². The van der Waals surface area contributed by atoms with E-state index in [1.54, 1.807) is 0 Å². The van der Waals surface area contributed by atoms with Crippen LogP contribution in [0.5, 0.6) is 11.5 Å². The number of rotatable bonds is 3. The molecular weight excluding hydrogens is 264 g/mol. The van der Waals surface area contributed by atoms with Crippen LogP contribution in [0.2, 0.25) is 0 Å². The summed E-state index contributed by atoms with van der Waals surface area (Å²) in [5.74, 6) is 2.49. The van der Waals surface area contributed by atoms with Crippen molar-refractivity contribution in [1.29, 1.82) is 0 Å². The van der Waals surface area contributed by atoms with Gasteiger partial charge < -0.3 is 15.2 Å². The topological polar surface area (TPSA) is 47.7 Å². The third-order valence-electron chi connectivity index (χ3n) is 4.51. The second kappa shape index (κ2) is 6.67. The maximum absolute atomic E-state index is 6.07. The number of fused-ring (bicyclic) bond motifs is 1. The number of nitrogens with two attached hydrogens (primary N) is 1. The van der Waals surface area contributed by atoms with Gasteiger partial charge in [-0.3, -0.25) is 4.90 Å². The molecule has 1 aromatic carbocycles. The van der Waals surface area contributed by atoms with Crippen LogP contribution in [-0.4, -0.2) is 37.7 Å². The molecule has 3 rings (SSSR count). The van der Waals surface area contributed by atoms with Crippen LogP contribution in [0.25, 0.3) is 0 Å². The molecule has 4 nitrogen and oxygen atoms in total. The summed E-state index contributed by atoms with van der Waals surface area (Å²) < 4.78 is 11.5. The highest BCUT2D eigenvalue weighted by molar-refractivity contribution is 5.44. The fourth-order valence-electron chi connectivity index (χ4n) is 3.39. The molecule has 0 radical (unpaired) electrons. The predicted molar refractivity (Wildman–Crippen MR) is 83.8 cm³/mol. The first-order valence-electron chi connectivity index (χ1n) is 8.11. The van der Waals surface area contributed by atoms with E-state index >= 15 is 0 Å². The van der Waals surface area contributed by atoms with Crippen molar-refractivity contribution < 1.29 is 9.47 Å². The molecule has 116 valence electrons. The van der Waals surface area contributed by atoms with Crippen molar-refractivity contribution in [3.05, 3.63) is 23.8 Å². The Morgan fingerprint density at radius 1 is 1.24 bits per heavy atom. The summed E-state index contributed by atoms with van der Waals surface area (Å²) in [6.07, 6.45) is 3.53. The molecule has 0 aromatic heterocycles. The van der Waals surface area contributed by atoms with E-state index in [4.69, 9.17) is 15.2 Å². The Balaban J connectivity index is 1.81. The second-order valence-corrected chi connectivity index (χ2v) is 6.25. The molecule has 1 aromatic rings. The molecule has 4 heteroatoms. The molecule has 1 fully saturated rings. The Morgan fingerprint density at radius 3 is 2.81 bits per heavy atom. The van der Waals surface area contributed by atoms with E-state index in [-0.39, 0.29) is 6.04 Å². The van der Waals surface area contributed by atoms with Crippen LogP contribution in [0.15, 0.2) is 18.2 Å². The van der Waals surface area contributed by atoms with Crippen molar-refractivity contribution in [2.75, 3.05) is 32.8 Å². The largest absolute Gasteiger partial charge is 0.490 e. The lowest BCUT2D eigenvalue weighted by atomic mass is 9.96. The molecule has 2 aliphatic heterocycles. The van der Waals surface area contributed by atoms with Gasteiger partial charge in [-0.1, -0.05) is 13.0 Å². The van der Waals surface area contributed by atoms with Gasteiger partial charge in [0.05, 0.1) is 13.2 Å². The molecule has 2 N–H and O–H groups in total. The summed E-state index contributed by atoms with van der Waals surface area (Å²) in [6, 6.07) is 6.58. The maximum Gasteiger partial charge on any atom is 0.161 e. The summed E-state index contributed by atoms with van der Waals surface area (Å²) in [6.45, 7) is 6.71. The minimum atomic E-state index is 0.282. The monoisotopic (exact) mass is 290 g/mol. The molecule has 2 aliphatic rings. The summed E-state index contributed by atoms with van der Waals surface area (Å²) >= 11 is 0. The number of piperidine rings is 1. The standard InChI is InChI=1S/C17H26N2O2/c1-13-4-2-7-19(12-13)15(11-18)14-5-6-16-17(10-14)21-9-3-8-20-16/h5-6,10,13,15H,2-4,7-9,11-12,18H2,1H3. The lowest BCUT2D eigenvalue weighted by Gasteiger charge is -2.37. The molecule has 2 heterocycles. The average molecular weight is 290 g/mol. The first kappa shape index (κ1) is 14.7. The van der Waals surface area contributed by atoms with Crippen molar-refractivity contribution in [1.82, 2.24) is 4.90 Å². The lowest BCUT2D eigenvalue weighted by molar-refractivity contribution is 0.133. The van der Waals surface area contributed by atoms with Crippen molar-refractivity contribution in [3.63, 3.8) is 0 Å². The van der Waals surface area contributed by atoms with Crippen LogP contribution in [0, 0.1) is 5.92 Å². The molecule has 2 unspecified atom stereocenters. The van der Waals surface area contributed by atoms with Crippen LogP contribution in [0.1, 0.15) is 37.8 Å². The van der Waals surface area contributed by atoms with Gasteiger partial charge in [-0.25, -0.2) is 0 Å². The van der Waals surface area contributed by atoms with Gasteiger partial charge in [0, 0.05) is 25.6 Å². The first-order chi connectivity index (χ1) is 10.3. The molecule has 0 aliphatic carbocycles. The Bertz CT molecular complexity index is 478. The van der Waals surface area contributed by atoms with E-state index in [9.17, 15) is 0 Å². The van der Waals surface area contributed by atoms with E-state index in [0.717, 1.165) is 50.1 Å². The Kier molecular flexibility index (Phi) is 4.66. The molecule has 0 spiro atoms. The zero-order chi connectivity index (χ0) is 14.7. The van der Waals surface area contributed by atoms with Gasteiger partial charge >= 0.3 is 0 Å². The maximum atomic E-state index is 6.07. The molecular formula is C17H26N2O2. The van der Waals surface area contributed by atoms with Gasteiger partial charge in [0.1, 0.15) is 0 Å². The molecule has 0 saturated carbocycles. The summed E-state index contributed by atoms with van der Waals surface area (Å²) in [5.41, 5.74) is 7.32. The van der Waals surface area contributed by atoms with E-state index in [1.165, 1.54) is 18.4 Å². The van der Waals surface area contributed by atoms with Crippen LogP contribution >= 0.6 is 0 Å². The average Bonchev–Trinajstić information content (AvgIpc) is 2.73. The minimum absolute atomic E-state index is 0.282. The second-order valence-electron chi connectivity index (χ2n) is 6.25. The van der Waals surface area contributed by atoms with Gasteiger partial charge in [0.15, 0.2) is 11.5 Å². The van der Waals surface area contributed by atoms with Gasteiger partial charge in [0.25, 0.3) is 0 Å². The Hall–Kier alpha value is -1.26. The molecule has 0 bridgehead atoms. The summed E-state index contributed by atoms with van der Waals surface area (Å²) in [7, 11) is 0.